The van der Waals surface area contributed by atoms with Crippen molar-refractivity contribution < 1.29 is 17.9 Å². The molecule has 0 radical (unpaired) electrons. The number of amides is 1. The van der Waals surface area contributed by atoms with Gasteiger partial charge in [-0.15, -0.1) is 0 Å². The first-order chi connectivity index (χ1) is 14.3. The summed E-state index contributed by atoms with van der Waals surface area (Å²) in [7, 11) is -3.47. The van der Waals surface area contributed by atoms with Crippen molar-refractivity contribution in [2.24, 2.45) is 5.92 Å². The van der Waals surface area contributed by atoms with Gasteiger partial charge in [-0.1, -0.05) is 41.9 Å². The summed E-state index contributed by atoms with van der Waals surface area (Å²) in [6, 6.07) is 14.7. The van der Waals surface area contributed by atoms with Crippen molar-refractivity contribution in [3.63, 3.8) is 0 Å². The molecule has 2 aromatic rings. The summed E-state index contributed by atoms with van der Waals surface area (Å²) in [4.78, 5) is 12.4. The molecule has 1 fully saturated rings. The minimum absolute atomic E-state index is 0.0500. The van der Waals surface area contributed by atoms with Crippen LogP contribution in [0.1, 0.15) is 24.0 Å². The van der Waals surface area contributed by atoms with Gasteiger partial charge in [-0.05, 0) is 49.1 Å². The molecule has 1 aliphatic rings. The predicted octanol–water partition coefficient (Wildman–Crippen LogP) is 3.39. The Balaban J connectivity index is 1.42. The van der Waals surface area contributed by atoms with E-state index in [1.807, 2.05) is 31.2 Å². The molecule has 162 valence electrons. The highest BCUT2D eigenvalue weighted by Gasteiger charge is 2.31. The van der Waals surface area contributed by atoms with Crippen LogP contribution in [0.5, 0.6) is 5.75 Å². The van der Waals surface area contributed by atoms with Gasteiger partial charge in [-0.2, -0.15) is 0 Å². The van der Waals surface area contributed by atoms with Crippen LogP contribution in [0.3, 0.4) is 0 Å². The number of halogens is 1. The second-order valence-corrected chi connectivity index (χ2v) is 9.85. The fraction of sp³-hybridized carbons (Fsp3) is 0.409. The largest absolute Gasteiger partial charge is 0.492 e. The van der Waals surface area contributed by atoms with Crippen molar-refractivity contribution in [1.29, 1.82) is 0 Å². The number of sulfonamides is 1. The number of aryl methyl sites for hydroxylation is 1. The van der Waals surface area contributed by atoms with E-state index in [-0.39, 0.29) is 17.6 Å². The van der Waals surface area contributed by atoms with E-state index >= 15 is 0 Å². The number of carbonyl (C=O) groups excluding carboxylic acids is 1. The molecule has 1 heterocycles. The zero-order valence-electron chi connectivity index (χ0n) is 17.0. The van der Waals surface area contributed by atoms with Crippen molar-refractivity contribution in [2.45, 2.75) is 25.5 Å². The highest BCUT2D eigenvalue weighted by molar-refractivity contribution is 7.88. The van der Waals surface area contributed by atoms with Crippen molar-refractivity contribution in [3.05, 3.63) is 64.7 Å². The SMILES string of the molecule is Cc1cccc(OCCNC(=O)C2CCN(S(=O)(=O)Cc3ccccc3Cl)CC2)c1. The number of hydrogen-bond acceptors (Lipinski definition) is 4. The van der Waals surface area contributed by atoms with Crippen molar-refractivity contribution in [3.8, 4) is 5.75 Å². The third kappa shape index (κ3) is 6.20. The number of rotatable bonds is 8. The van der Waals surface area contributed by atoms with Gasteiger partial charge in [0.05, 0.1) is 12.3 Å². The topological polar surface area (TPSA) is 75.7 Å². The van der Waals surface area contributed by atoms with Crippen molar-refractivity contribution in [2.75, 3.05) is 26.2 Å². The average Bonchev–Trinajstić information content (AvgIpc) is 2.73. The van der Waals surface area contributed by atoms with Gasteiger partial charge in [-0.3, -0.25) is 4.79 Å². The van der Waals surface area contributed by atoms with Crippen LogP contribution in [-0.2, 0) is 20.6 Å². The van der Waals surface area contributed by atoms with E-state index < -0.39 is 10.0 Å². The van der Waals surface area contributed by atoms with Gasteiger partial charge in [0.25, 0.3) is 0 Å². The first-order valence-corrected chi connectivity index (χ1v) is 12.0. The van der Waals surface area contributed by atoms with Gasteiger partial charge in [0.15, 0.2) is 0 Å². The third-order valence-electron chi connectivity index (χ3n) is 5.17. The second-order valence-electron chi connectivity index (χ2n) is 7.48. The molecule has 0 unspecified atom stereocenters. The van der Waals surface area contributed by atoms with Crippen LogP contribution in [0.2, 0.25) is 5.02 Å². The number of nitrogens with one attached hydrogen (secondary N) is 1. The Morgan fingerprint density at radius 1 is 1.17 bits per heavy atom. The number of carbonyl (C=O) groups is 1. The van der Waals surface area contributed by atoms with Crippen LogP contribution in [0.4, 0.5) is 0 Å². The van der Waals surface area contributed by atoms with Gasteiger partial charge >= 0.3 is 0 Å². The van der Waals surface area contributed by atoms with Crippen LogP contribution in [0.15, 0.2) is 48.5 Å². The zero-order chi connectivity index (χ0) is 21.6. The first kappa shape index (κ1) is 22.6. The Labute approximate surface area is 183 Å². The summed E-state index contributed by atoms with van der Waals surface area (Å²) in [5.74, 6) is 0.419. The van der Waals surface area contributed by atoms with Crippen molar-refractivity contribution >= 4 is 27.5 Å². The third-order valence-corrected chi connectivity index (χ3v) is 7.37. The van der Waals surface area contributed by atoms with Crippen molar-refractivity contribution in [1.82, 2.24) is 9.62 Å². The molecular weight excluding hydrogens is 424 g/mol. The maximum Gasteiger partial charge on any atom is 0.223 e. The molecule has 0 bridgehead atoms. The molecule has 0 atom stereocenters. The molecule has 0 aromatic heterocycles. The molecule has 6 nitrogen and oxygen atoms in total. The van der Waals surface area contributed by atoms with Gasteiger partial charge in [0, 0.05) is 24.0 Å². The lowest BCUT2D eigenvalue weighted by atomic mass is 9.97. The molecule has 0 aliphatic carbocycles. The molecule has 2 aromatic carbocycles. The lowest BCUT2D eigenvalue weighted by Crippen LogP contribution is -2.44. The van der Waals surface area contributed by atoms with Crippen LogP contribution >= 0.6 is 11.6 Å². The number of hydrogen-bond donors (Lipinski definition) is 1. The molecule has 1 N–H and O–H groups in total. The molecule has 1 saturated heterocycles. The summed E-state index contributed by atoms with van der Waals surface area (Å²) in [5.41, 5.74) is 1.71. The van der Waals surface area contributed by atoms with Gasteiger partial charge < -0.3 is 10.1 Å². The Morgan fingerprint density at radius 2 is 1.90 bits per heavy atom. The van der Waals surface area contributed by atoms with E-state index in [1.165, 1.54) is 4.31 Å². The second kappa shape index (κ2) is 10.3. The van der Waals surface area contributed by atoms with E-state index in [9.17, 15) is 13.2 Å². The number of nitrogens with zero attached hydrogens (tertiary/aromatic N) is 1. The summed E-state index contributed by atoms with van der Waals surface area (Å²) in [6.45, 7) is 3.48. The minimum Gasteiger partial charge on any atom is -0.492 e. The van der Waals surface area contributed by atoms with Gasteiger partial charge in [-0.25, -0.2) is 12.7 Å². The van der Waals surface area contributed by atoms with Crippen LogP contribution in [-0.4, -0.2) is 44.9 Å². The highest BCUT2D eigenvalue weighted by atomic mass is 35.5. The summed E-state index contributed by atoms with van der Waals surface area (Å²) < 4.78 is 32.5. The van der Waals surface area contributed by atoms with Crippen LogP contribution in [0.25, 0.3) is 0 Å². The fourth-order valence-corrected chi connectivity index (χ4v) is 5.37. The van der Waals surface area contributed by atoms with E-state index in [2.05, 4.69) is 5.32 Å². The summed E-state index contributed by atoms with van der Waals surface area (Å²) in [5, 5.41) is 3.34. The average molecular weight is 451 g/mol. The Bertz CT molecular complexity index is 973. The number of ether oxygens (including phenoxy) is 1. The standard InChI is InChI=1S/C22H27ClN2O4S/c1-17-5-4-7-20(15-17)29-14-11-24-22(26)18-9-12-25(13-10-18)30(27,28)16-19-6-2-3-8-21(19)23/h2-8,15,18H,9-14,16H2,1H3,(H,24,26). The van der Waals surface area contributed by atoms with E-state index in [0.29, 0.717) is 49.7 Å². The predicted molar refractivity (Wildman–Crippen MR) is 118 cm³/mol. The molecular formula is C22H27ClN2O4S. The number of benzene rings is 2. The first-order valence-electron chi connectivity index (χ1n) is 10.0. The lowest BCUT2D eigenvalue weighted by Gasteiger charge is -2.30. The molecule has 0 saturated carbocycles. The summed E-state index contributed by atoms with van der Waals surface area (Å²) >= 11 is 6.10. The molecule has 1 aliphatic heterocycles. The molecule has 30 heavy (non-hydrogen) atoms. The monoisotopic (exact) mass is 450 g/mol. The highest BCUT2D eigenvalue weighted by Crippen LogP contribution is 2.24. The Morgan fingerprint density at radius 3 is 2.60 bits per heavy atom. The Hall–Kier alpha value is -2.09. The lowest BCUT2D eigenvalue weighted by molar-refractivity contribution is -0.126. The van der Waals surface area contributed by atoms with E-state index in [4.69, 9.17) is 16.3 Å². The molecule has 0 spiro atoms. The van der Waals surface area contributed by atoms with Gasteiger partial charge in [0.2, 0.25) is 15.9 Å². The molecule has 8 heteroatoms. The fourth-order valence-electron chi connectivity index (χ4n) is 3.49. The Kier molecular flexibility index (Phi) is 7.75. The van der Waals surface area contributed by atoms with Crippen LogP contribution in [0, 0.1) is 12.8 Å². The van der Waals surface area contributed by atoms with Gasteiger partial charge in [0.1, 0.15) is 12.4 Å². The van der Waals surface area contributed by atoms with Crippen LogP contribution < -0.4 is 10.1 Å². The molecule has 1 amide bonds. The smallest absolute Gasteiger partial charge is 0.223 e. The van der Waals surface area contributed by atoms with E-state index in [0.717, 1.165) is 11.3 Å². The number of piperidine rings is 1. The minimum atomic E-state index is -3.47. The maximum absolute atomic E-state index is 12.7. The zero-order valence-corrected chi connectivity index (χ0v) is 18.6. The molecule has 3 rings (SSSR count). The summed E-state index contributed by atoms with van der Waals surface area (Å²) in [6.07, 6.45) is 1.01. The quantitative estimate of drug-likeness (QED) is 0.625. The van der Waals surface area contributed by atoms with E-state index in [1.54, 1.807) is 24.3 Å². The maximum atomic E-state index is 12.7. The normalized spacial score (nSPS) is 15.7.